The first-order chi connectivity index (χ1) is 10.7. The fourth-order valence-corrected chi connectivity index (χ4v) is 3.41. The number of nitrogens with zero attached hydrogens (tertiary/aromatic N) is 2. The lowest BCUT2D eigenvalue weighted by atomic mass is 9.87. The van der Waals surface area contributed by atoms with Crippen LogP contribution in [0.25, 0.3) is 0 Å². The van der Waals surface area contributed by atoms with Crippen LogP contribution in [0.5, 0.6) is 0 Å². The van der Waals surface area contributed by atoms with E-state index in [1.807, 2.05) is 4.90 Å². The smallest absolute Gasteiger partial charge is 0.289 e. The number of carbonyl (C=O) groups excluding carboxylic acids is 1. The number of amides is 1. The van der Waals surface area contributed by atoms with Crippen LogP contribution in [-0.4, -0.2) is 75.4 Å². The maximum atomic E-state index is 12.6. The highest BCUT2D eigenvalue weighted by Crippen LogP contribution is 2.33. The molecule has 22 heavy (non-hydrogen) atoms. The van der Waals surface area contributed by atoms with Crippen LogP contribution >= 0.6 is 0 Å². The van der Waals surface area contributed by atoms with E-state index in [2.05, 4.69) is 4.90 Å². The van der Waals surface area contributed by atoms with Crippen molar-refractivity contribution in [3.05, 3.63) is 24.2 Å². The van der Waals surface area contributed by atoms with Crippen LogP contribution in [0.15, 0.2) is 22.8 Å². The molecule has 0 aliphatic carbocycles. The number of hydrogen-bond donors (Lipinski definition) is 0. The van der Waals surface area contributed by atoms with Crippen molar-refractivity contribution in [2.24, 2.45) is 5.41 Å². The third-order valence-corrected chi connectivity index (χ3v) is 4.59. The van der Waals surface area contributed by atoms with Crippen LogP contribution in [-0.2, 0) is 9.47 Å². The van der Waals surface area contributed by atoms with Gasteiger partial charge in [0.15, 0.2) is 5.76 Å². The highest BCUT2D eigenvalue weighted by atomic mass is 16.5. The van der Waals surface area contributed by atoms with Crippen molar-refractivity contribution in [3.8, 4) is 0 Å². The summed E-state index contributed by atoms with van der Waals surface area (Å²) in [5, 5.41) is 0. The van der Waals surface area contributed by atoms with Gasteiger partial charge in [-0.1, -0.05) is 0 Å². The summed E-state index contributed by atoms with van der Waals surface area (Å²) in [6, 6.07) is 3.47. The molecule has 6 nitrogen and oxygen atoms in total. The van der Waals surface area contributed by atoms with Gasteiger partial charge in [-0.25, -0.2) is 0 Å². The first kappa shape index (κ1) is 15.5. The highest BCUT2D eigenvalue weighted by Gasteiger charge is 2.42. The molecule has 2 saturated heterocycles. The molecule has 0 bridgehead atoms. The second-order valence-electron chi connectivity index (χ2n) is 6.28. The van der Waals surface area contributed by atoms with E-state index in [0.717, 1.165) is 45.8 Å². The lowest BCUT2D eigenvalue weighted by Gasteiger charge is -2.31. The van der Waals surface area contributed by atoms with Gasteiger partial charge in [0.25, 0.3) is 5.91 Å². The molecule has 1 aromatic rings. The van der Waals surface area contributed by atoms with E-state index in [1.54, 1.807) is 25.5 Å². The molecule has 1 amide bonds. The first-order valence-electron chi connectivity index (χ1n) is 7.84. The summed E-state index contributed by atoms with van der Waals surface area (Å²) in [5.41, 5.74) is 0.0342. The Balaban J connectivity index is 1.67. The number of likely N-dealkylation sites (tertiary alicyclic amines) is 1. The molecule has 0 saturated carbocycles. The van der Waals surface area contributed by atoms with Gasteiger partial charge < -0.3 is 23.7 Å². The summed E-state index contributed by atoms with van der Waals surface area (Å²) < 4.78 is 16.2. The molecule has 0 unspecified atom stereocenters. The van der Waals surface area contributed by atoms with Crippen molar-refractivity contribution >= 4 is 5.91 Å². The Bertz CT molecular complexity index is 490. The van der Waals surface area contributed by atoms with Crippen molar-refractivity contribution in [1.82, 2.24) is 9.80 Å². The normalized spacial score (nSPS) is 26.5. The van der Waals surface area contributed by atoms with Gasteiger partial charge in [0.05, 0.1) is 26.1 Å². The summed E-state index contributed by atoms with van der Waals surface area (Å²) in [7, 11) is 1.73. The Morgan fingerprint density at radius 1 is 1.41 bits per heavy atom. The lowest BCUT2D eigenvalue weighted by Crippen LogP contribution is -2.43. The van der Waals surface area contributed by atoms with Crippen LogP contribution in [0.1, 0.15) is 17.0 Å². The predicted octanol–water partition coefficient (Wildman–Crippen LogP) is 1.09. The Kier molecular flexibility index (Phi) is 4.81. The molecule has 6 heteroatoms. The predicted molar refractivity (Wildman–Crippen MR) is 80.8 cm³/mol. The second-order valence-corrected chi connectivity index (χ2v) is 6.28. The molecule has 3 heterocycles. The van der Waals surface area contributed by atoms with E-state index in [1.165, 1.54) is 0 Å². The Morgan fingerprint density at radius 3 is 3.09 bits per heavy atom. The van der Waals surface area contributed by atoms with Gasteiger partial charge in [-0.2, -0.15) is 0 Å². The average molecular weight is 308 g/mol. The maximum absolute atomic E-state index is 12.6. The molecule has 0 N–H and O–H groups in total. The van der Waals surface area contributed by atoms with Crippen LogP contribution in [0.3, 0.4) is 0 Å². The summed E-state index contributed by atoms with van der Waals surface area (Å²) in [5.74, 6) is 0.372. The van der Waals surface area contributed by atoms with Crippen LogP contribution in [0, 0.1) is 5.41 Å². The fourth-order valence-electron chi connectivity index (χ4n) is 3.41. The largest absolute Gasteiger partial charge is 0.459 e. The van der Waals surface area contributed by atoms with Crippen molar-refractivity contribution in [1.29, 1.82) is 0 Å². The molecule has 1 spiro atoms. The second kappa shape index (κ2) is 6.81. The van der Waals surface area contributed by atoms with E-state index in [9.17, 15) is 4.79 Å². The fraction of sp³-hybridized carbons (Fsp3) is 0.688. The van der Waals surface area contributed by atoms with Crippen LogP contribution in [0.4, 0.5) is 0 Å². The monoisotopic (exact) mass is 308 g/mol. The van der Waals surface area contributed by atoms with Crippen LogP contribution < -0.4 is 0 Å². The third kappa shape index (κ3) is 3.34. The zero-order chi connectivity index (χ0) is 15.4. The van der Waals surface area contributed by atoms with Crippen molar-refractivity contribution in [2.75, 3.05) is 59.7 Å². The molecule has 2 aliphatic heterocycles. The summed E-state index contributed by atoms with van der Waals surface area (Å²) in [4.78, 5) is 16.8. The van der Waals surface area contributed by atoms with E-state index in [-0.39, 0.29) is 11.3 Å². The van der Waals surface area contributed by atoms with E-state index in [0.29, 0.717) is 18.9 Å². The summed E-state index contributed by atoms with van der Waals surface area (Å²) in [6.07, 6.45) is 2.60. The summed E-state index contributed by atoms with van der Waals surface area (Å²) >= 11 is 0. The maximum Gasteiger partial charge on any atom is 0.289 e. The number of ether oxygens (including phenoxy) is 2. The Morgan fingerprint density at radius 2 is 2.32 bits per heavy atom. The van der Waals surface area contributed by atoms with Gasteiger partial charge in [-0.05, 0) is 25.1 Å². The molecular formula is C16H24N2O4. The minimum Gasteiger partial charge on any atom is -0.459 e. The molecule has 0 radical (unpaired) electrons. The highest BCUT2D eigenvalue weighted by molar-refractivity contribution is 5.91. The molecule has 122 valence electrons. The zero-order valence-electron chi connectivity index (χ0n) is 13.1. The molecule has 1 atom stereocenters. The van der Waals surface area contributed by atoms with Crippen molar-refractivity contribution in [2.45, 2.75) is 6.42 Å². The van der Waals surface area contributed by atoms with Gasteiger partial charge in [-0.3, -0.25) is 4.79 Å². The minimum absolute atomic E-state index is 0.0342. The Hall–Kier alpha value is -1.37. The van der Waals surface area contributed by atoms with Crippen LogP contribution in [0.2, 0.25) is 0 Å². The number of rotatable bonds is 4. The Labute approximate surface area is 131 Å². The number of furan rings is 1. The number of carbonyl (C=O) groups is 1. The number of hydrogen-bond acceptors (Lipinski definition) is 5. The van der Waals surface area contributed by atoms with E-state index in [4.69, 9.17) is 13.9 Å². The first-order valence-corrected chi connectivity index (χ1v) is 7.84. The van der Waals surface area contributed by atoms with Gasteiger partial charge in [0.2, 0.25) is 0 Å². The zero-order valence-corrected chi connectivity index (χ0v) is 13.1. The van der Waals surface area contributed by atoms with E-state index >= 15 is 0 Å². The quantitative estimate of drug-likeness (QED) is 0.833. The SMILES string of the molecule is COCCN1CC[C@]2(COCCN(C(=O)c3ccco3)C2)C1. The number of methoxy groups -OCH3 is 1. The van der Waals surface area contributed by atoms with Gasteiger partial charge in [0, 0.05) is 38.7 Å². The van der Waals surface area contributed by atoms with E-state index < -0.39 is 0 Å². The van der Waals surface area contributed by atoms with Crippen molar-refractivity contribution < 1.29 is 18.7 Å². The molecule has 2 aliphatic rings. The molecule has 1 aromatic heterocycles. The minimum atomic E-state index is -0.0368. The molecule has 2 fully saturated rings. The standard InChI is InChI=1S/C16H24N2O4/c1-20-9-6-17-5-4-16(11-17)12-18(7-10-21-13-16)15(19)14-3-2-8-22-14/h2-3,8H,4-7,9-13H2,1H3/t16-/m0/s1. The molecule has 0 aromatic carbocycles. The molecule has 3 rings (SSSR count). The van der Waals surface area contributed by atoms with Crippen molar-refractivity contribution in [3.63, 3.8) is 0 Å². The summed E-state index contributed by atoms with van der Waals surface area (Å²) in [6.45, 7) is 6.34. The molecular weight excluding hydrogens is 284 g/mol. The average Bonchev–Trinajstić information content (AvgIpc) is 3.13. The van der Waals surface area contributed by atoms with Gasteiger partial charge >= 0.3 is 0 Å². The van der Waals surface area contributed by atoms with Gasteiger partial charge in [0.1, 0.15) is 0 Å². The van der Waals surface area contributed by atoms with Gasteiger partial charge in [-0.15, -0.1) is 0 Å². The lowest BCUT2D eigenvalue weighted by molar-refractivity contribution is 0.0612. The topological polar surface area (TPSA) is 55.2 Å². The third-order valence-electron chi connectivity index (χ3n) is 4.59.